The second kappa shape index (κ2) is 5.92. The quantitative estimate of drug-likeness (QED) is 0.831. The molecule has 4 atom stereocenters. The summed E-state index contributed by atoms with van der Waals surface area (Å²) in [5, 5.41) is 0. The molecule has 2 nitrogen and oxygen atoms in total. The Balaban J connectivity index is 1.91. The molecule has 0 saturated heterocycles. The molecule has 106 valence electrons. The number of rotatable bonds is 3. The molecule has 2 saturated carbocycles. The standard InChI is InChI=1S/C16H31NO/c1-12-8-14(10-16(2,3)9-12)18-15-7-5-4-6-13(15)11-17/h12-15H,4-11,17H2,1-3H3. The van der Waals surface area contributed by atoms with Crippen molar-refractivity contribution in [1.29, 1.82) is 0 Å². The van der Waals surface area contributed by atoms with Crippen LogP contribution in [0.2, 0.25) is 0 Å². The van der Waals surface area contributed by atoms with Crippen LogP contribution in [-0.2, 0) is 4.74 Å². The van der Waals surface area contributed by atoms with E-state index in [-0.39, 0.29) is 0 Å². The second-order valence-electron chi connectivity index (χ2n) is 7.49. The van der Waals surface area contributed by atoms with Gasteiger partial charge in [0, 0.05) is 0 Å². The Labute approximate surface area is 113 Å². The summed E-state index contributed by atoms with van der Waals surface area (Å²) in [7, 11) is 0. The highest BCUT2D eigenvalue weighted by Crippen LogP contribution is 2.41. The summed E-state index contributed by atoms with van der Waals surface area (Å²) in [6.07, 6.45) is 9.90. The topological polar surface area (TPSA) is 35.2 Å². The van der Waals surface area contributed by atoms with Crippen molar-refractivity contribution in [2.45, 2.75) is 77.9 Å². The molecule has 0 aliphatic heterocycles. The molecular weight excluding hydrogens is 222 g/mol. The van der Waals surface area contributed by atoms with Gasteiger partial charge >= 0.3 is 0 Å². The van der Waals surface area contributed by atoms with E-state index in [9.17, 15) is 0 Å². The molecule has 2 aliphatic rings. The van der Waals surface area contributed by atoms with Crippen LogP contribution in [0.15, 0.2) is 0 Å². The lowest BCUT2D eigenvalue weighted by molar-refractivity contribution is -0.0957. The highest BCUT2D eigenvalue weighted by Gasteiger charge is 2.35. The van der Waals surface area contributed by atoms with Crippen molar-refractivity contribution in [3.63, 3.8) is 0 Å². The lowest BCUT2D eigenvalue weighted by atomic mass is 9.71. The molecule has 18 heavy (non-hydrogen) atoms. The van der Waals surface area contributed by atoms with Crippen LogP contribution in [-0.4, -0.2) is 18.8 Å². The van der Waals surface area contributed by atoms with Crippen LogP contribution in [0.5, 0.6) is 0 Å². The van der Waals surface area contributed by atoms with Crippen molar-refractivity contribution in [2.24, 2.45) is 23.0 Å². The Bertz CT molecular complexity index is 264. The predicted molar refractivity (Wildman–Crippen MR) is 76.5 cm³/mol. The maximum Gasteiger partial charge on any atom is 0.0619 e. The maximum atomic E-state index is 6.46. The summed E-state index contributed by atoms with van der Waals surface area (Å²) in [5.41, 5.74) is 6.35. The van der Waals surface area contributed by atoms with Gasteiger partial charge in [-0.2, -0.15) is 0 Å². The summed E-state index contributed by atoms with van der Waals surface area (Å²) in [5.74, 6) is 1.41. The van der Waals surface area contributed by atoms with E-state index in [4.69, 9.17) is 10.5 Å². The third-order valence-electron chi connectivity index (χ3n) is 4.86. The Morgan fingerprint density at radius 3 is 2.56 bits per heavy atom. The molecule has 4 unspecified atom stereocenters. The predicted octanol–water partition coefficient (Wildman–Crippen LogP) is 3.74. The Morgan fingerprint density at radius 2 is 1.89 bits per heavy atom. The molecule has 0 aromatic rings. The van der Waals surface area contributed by atoms with E-state index in [1.54, 1.807) is 0 Å². The van der Waals surface area contributed by atoms with Gasteiger partial charge in [0.25, 0.3) is 0 Å². The molecule has 0 radical (unpaired) electrons. The average molecular weight is 253 g/mol. The summed E-state index contributed by atoms with van der Waals surface area (Å²) in [4.78, 5) is 0. The number of hydrogen-bond acceptors (Lipinski definition) is 2. The number of nitrogens with two attached hydrogens (primary N) is 1. The van der Waals surface area contributed by atoms with E-state index in [0.717, 1.165) is 12.5 Å². The van der Waals surface area contributed by atoms with Crippen molar-refractivity contribution in [3.8, 4) is 0 Å². The van der Waals surface area contributed by atoms with Gasteiger partial charge in [0.2, 0.25) is 0 Å². The van der Waals surface area contributed by atoms with Gasteiger partial charge < -0.3 is 10.5 Å². The van der Waals surface area contributed by atoms with Gasteiger partial charge in [0.05, 0.1) is 12.2 Å². The molecular formula is C16H31NO. The molecule has 2 aliphatic carbocycles. The van der Waals surface area contributed by atoms with Crippen molar-refractivity contribution < 1.29 is 4.74 Å². The van der Waals surface area contributed by atoms with Crippen LogP contribution in [0.4, 0.5) is 0 Å². The molecule has 0 bridgehead atoms. The van der Waals surface area contributed by atoms with E-state index in [1.165, 1.54) is 44.9 Å². The summed E-state index contributed by atoms with van der Waals surface area (Å²) in [6.45, 7) is 7.95. The molecule has 2 rings (SSSR count). The van der Waals surface area contributed by atoms with Crippen molar-refractivity contribution in [1.82, 2.24) is 0 Å². The maximum absolute atomic E-state index is 6.46. The van der Waals surface area contributed by atoms with Gasteiger partial charge in [0.15, 0.2) is 0 Å². The minimum atomic E-state index is 0.440. The molecule has 0 spiro atoms. The highest BCUT2D eigenvalue weighted by atomic mass is 16.5. The number of ether oxygens (including phenoxy) is 1. The fraction of sp³-hybridized carbons (Fsp3) is 1.00. The van der Waals surface area contributed by atoms with E-state index >= 15 is 0 Å². The van der Waals surface area contributed by atoms with E-state index in [0.29, 0.717) is 23.5 Å². The average Bonchev–Trinajstić information content (AvgIpc) is 2.27. The van der Waals surface area contributed by atoms with Crippen LogP contribution >= 0.6 is 0 Å². The first-order valence-corrected chi connectivity index (χ1v) is 7.86. The van der Waals surface area contributed by atoms with Crippen molar-refractivity contribution in [3.05, 3.63) is 0 Å². The largest absolute Gasteiger partial charge is 0.375 e. The van der Waals surface area contributed by atoms with E-state index in [1.807, 2.05) is 0 Å². The zero-order valence-corrected chi connectivity index (χ0v) is 12.5. The summed E-state index contributed by atoms with van der Waals surface area (Å²) >= 11 is 0. The van der Waals surface area contributed by atoms with Gasteiger partial charge in [0.1, 0.15) is 0 Å². The minimum Gasteiger partial charge on any atom is -0.375 e. The van der Waals surface area contributed by atoms with Gasteiger partial charge in [-0.3, -0.25) is 0 Å². The zero-order chi connectivity index (χ0) is 13.2. The fourth-order valence-corrected chi connectivity index (χ4v) is 4.23. The normalized spacial score (nSPS) is 40.7. The molecule has 2 N–H and O–H groups in total. The lowest BCUT2D eigenvalue weighted by Crippen LogP contribution is -2.40. The number of hydrogen-bond donors (Lipinski definition) is 1. The SMILES string of the molecule is CC1CC(OC2CCCCC2CN)CC(C)(C)C1. The molecule has 2 fully saturated rings. The highest BCUT2D eigenvalue weighted by molar-refractivity contribution is 4.85. The fourth-order valence-electron chi connectivity index (χ4n) is 4.23. The van der Waals surface area contributed by atoms with Gasteiger partial charge in [-0.15, -0.1) is 0 Å². The van der Waals surface area contributed by atoms with Gasteiger partial charge in [-0.25, -0.2) is 0 Å². The molecule has 0 aromatic carbocycles. The van der Waals surface area contributed by atoms with Crippen molar-refractivity contribution in [2.75, 3.05) is 6.54 Å². The molecule has 2 heteroatoms. The van der Waals surface area contributed by atoms with Gasteiger partial charge in [-0.05, 0) is 55.9 Å². The Morgan fingerprint density at radius 1 is 1.17 bits per heavy atom. The molecule has 0 amide bonds. The summed E-state index contributed by atoms with van der Waals surface area (Å²) < 4.78 is 6.46. The monoisotopic (exact) mass is 253 g/mol. The van der Waals surface area contributed by atoms with Crippen LogP contribution < -0.4 is 5.73 Å². The smallest absolute Gasteiger partial charge is 0.0619 e. The molecule has 0 aromatic heterocycles. The lowest BCUT2D eigenvalue weighted by Gasteiger charge is -2.42. The summed E-state index contributed by atoms with van der Waals surface area (Å²) in [6, 6.07) is 0. The van der Waals surface area contributed by atoms with Crippen LogP contribution in [0.3, 0.4) is 0 Å². The first kappa shape index (κ1) is 14.3. The Hall–Kier alpha value is -0.0800. The zero-order valence-electron chi connectivity index (χ0n) is 12.5. The van der Waals surface area contributed by atoms with Crippen LogP contribution in [0, 0.1) is 17.3 Å². The second-order valence-corrected chi connectivity index (χ2v) is 7.49. The minimum absolute atomic E-state index is 0.440. The van der Waals surface area contributed by atoms with Crippen LogP contribution in [0.25, 0.3) is 0 Å². The first-order valence-electron chi connectivity index (χ1n) is 7.86. The first-order chi connectivity index (χ1) is 8.50. The third kappa shape index (κ3) is 3.71. The van der Waals surface area contributed by atoms with E-state index in [2.05, 4.69) is 20.8 Å². The Kier molecular flexibility index (Phi) is 4.71. The van der Waals surface area contributed by atoms with Gasteiger partial charge in [-0.1, -0.05) is 33.6 Å². The third-order valence-corrected chi connectivity index (χ3v) is 4.86. The van der Waals surface area contributed by atoms with Crippen LogP contribution in [0.1, 0.15) is 65.7 Å². The van der Waals surface area contributed by atoms with Crippen molar-refractivity contribution >= 4 is 0 Å². The van der Waals surface area contributed by atoms with E-state index < -0.39 is 0 Å². The molecule has 0 heterocycles.